The van der Waals surface area contributed by atoms with Crippen LogP contribution in [-0.4, -0.2) is 66.3 Å². The van der Waals surface area contributed by atoms with E-state index in [1.807, 2.05) is 0 Å². The minimum Gasteiger partial charge on any atom is -0.375 e. The van der Waals surface area contributed by atoms with E-state index < -0.39 is 0 Å². The first kappa shape index (κ1) is 13.8. The average Bonchev–Trinajstić information content (AvgIpc) is 3.05. The second kappa shape index (κ2) is 5.32. The summed E-state index contributed by atoms with van der Waals surface area (Å²) in [5.74, 6) is 0. The summed E-state index contributed by atoms with van der Waals surface area (Å²) in [5.41, 5.74) is 6.45. The molecule has 3 rings (SSSR count). The first-order chi connectivity index (χ1) is 9.16. The molecular weight excluding hydrogens is 238 g/mol. The van der Waals surface area contributed by atoms with Crippen molar-refractivity contribution in [2.45, 2.75) is 63.3 Å². The SMILES string of the molecule is CC(C)N1CCC(CN)(N2CCOC3CCCC32)C1. The van der Waals surface area contributed by atoms with Crippen LogP contribution in [0.3, 0.4) is 0 Å². The van der Waals surface area contributed by atoms with E-state index in [2.05, 4.69) is 23.6 Å². The highest BCUT2D eigenvalue weighted by atomic mass is 16.5. The zero-order valence-corrected chi connectivity index (χ0v) is 12.5. The molecule has 0 aromatic carbocycles. The van der Waals surface area contributed by atoms with E-state index in [4.69, 9.17) is 10.5 Å². The predicted octanol–water partition coefficient (Wildman–Crippen LogP) is 1.05. The Balaban J connectivity index is 1.78. The Bertz CT molecular complexity index is 323. The third-order valence-electron chi connectivity index (χ3n) is 5.56. The van der Waals surface area contributed by atoms with Crippen molar-refractivity contribution in [3.05, 3.63) is 0 Å². The van der Waals surface area contributed by atoms with Crippen LogP contribution in [0.15, 0.2) is 0 Å². The minimum atomic E-state index is 0.210. The molecule has 0 aromatic heterocycles. The molecule has 3 unspecified atom stereocenters. The molecule has 0 radical (unpaired) electrons. The number of morpholine rings is 1. The van der Waals surface area contributed by atoms with Crippen molar-refractivity contribution < 1.29 is 4.74 Å². The lowest BCUT2D eigenvalue weighted by Gasteiger charge is -2.48. The third-order valence-corrected chi connectivity index (χ3v) is 5.56. The average molecular weight is 267 g/mol. The van der Waals surface area contributed by atoms with Gasteiger partial charge in [-0.2, -0.15) is 0 Å². The summed E-state index contributed by atoms with van der Waals surface area (Å²) in [7, 11) is 0. The van der Waals surface area contributed by atoms with Crippen LogP contribution in [0.5, 0.6) is 0 Å². The molecule has 0 bridgehead atoms. The molecule has 3 aliphatic rings. The summed E-state index contributed by atoms with van der Waals surface area (Å²) in [6, 6.07) is 1.26. The Morgan fingerprint density at radius 2 is 2.16 bits per heavy atom. The van der Waals surface area contributed by atoms with Gasteiger partial charge in [-0.3, -0.25) is 9.80 Å². The van der Waals surface area contributed by atoms with Crippen LogP contribution in [0.25, 0.3) is 0 Å². The fourth-order valence-electron chi connectivity index (χ4n) is 4.36. The zero-order valence-electron chi connectivity index (χ0n) is 12.5. The lowest BCUT2D eigenvalue weighted by Crippen LogP contribution is -2.64. The van der Waals surface area contributed by atoms with Gasteiger partial charge in [-0.25, -0.2) is 0 Å². The summed E-state index contributed by atoms with van der Waals surface area (Å²) >= 11 is 0. The molecule has 2 N–H and O–H groups in total. The van der Waals surface area contributed by atoms with E-state index >= 15 is 0 Å². The highest BCUT2D eigenvalue weighted by Crippen LogP contribution is 2.38. The molecule has 0 spiro atoms. The number of ether oxygens (including phenoxy) is 1. The number of nitrogens with zero attached hydrogens (tertiary/aromatic N) is 2. The zero-order chi connectivity index (χ0) is 13.5. The number of nitrogens with two attached hydrogens (primary N) is 1. The van der Waals surface area contributed by atoms with Crippen molar-refractivity contribution in [3.63, 3.8) is 0 Å². The lowest BCUT2D eigenvalue weighted by molar-refractivity contribution is -0.0952. The summed E-state index contributed by atoms with van der Waals surface area (Å²) < 4.78 is 5.96. The molecule has 0 aromatic rings. The summed E-state index contributed by atoms with van der Waals surface area (Å²) in [6.45, 7) is 9.69. The molecule has 4 nitrogen and oxygen atoms in total. The van der Waals surface area contributed by atoms with E-state index in [-0.39, 0.29) is 5.54 Å². The van der Waals surface area contributed by atoms with Gasteiger partial charge in [0, 0.05) is 43.8 Å². The van der Waals surface area contributed by atoms with Gasteiger partial charge in [0.25, 0.3) is 0 Å². The van der Waals surface area contributed by atoms with Crippen LogP contribution >= 0.6 is 0 Å². The van der Waals surface area contributed by atoms with Crippen LogP contribution < -0.4 is 5.73 Å². The van der Waals surface area contributed by atoms with Crippen LogP contribution in [0.2, 0.25) is 0 Å². The monoisotopic (exact) mass is 267 g/mol. The maximum absolute atomic E-state index is 6.24. The normalized spacial score (nSPS) is 41.1. The van der Waals surface area contributed by atoms with E-state index in [1.54, 1.807) is 0 Å². The Hall–Kier alpha value is -0.160. The molecule has 4 heteroatoms. The van der Waals surface area contributed by atoms with Gasteiger partial charge in [0.1, 0.15) is 0 Å². The molecule has 3 fully saturated rings. The Kier molecular flexibility index (Phi) is 3.87. The van der Waals surface area contributed by atoms with Gasteiger partial charge in [-0.05, 0) is 39.5 Å². The largest absolute Gasteiger partial charge is 0.375 e. The Morgan fingerprint density at radius 1 is 1.32 bits per heavy atom. The second-order valence-corrected chi connectivity index (χ2v) is 6.84. The molecule has 2 heterocycles. The minimum absolute atomic E-state index is 0.210. The van der Waals surface area contributed by atoms with Crippen molar-refractivity contribution in [3.8, 4) is 0 Å². The molecule has 1 aliphatic carbocycles. The van der Waals surface area contributed by atoms with Crippen LogP contribution in [-0.2, 0) is 4.74 Å². The van der Waals surface area contributed by atoms with Crippen molar-refractivity contribution in [1.82, 2.24) is 9.80 Å². The fourth-order valence-corrected chi connectivity index (χ4v) is 4.36. The van der Waals surface area contributed by atoms with Crippen LogP contribution in [0, 0.1) is 0 Å². The van der Waals surface area contributed by atoms with E-state index in [0.717, 1.165) is 26.2 Å². The number of hydrogen-bond acceptors (Lipinski definition) is 4. The number of hydrogen-bond donors (Lipinski definition) is 1. The van der Waals surface area contributed by atoms with Crippen molar-refractivity contribution in [1.29, 1.82) is 0 Å². The van der Waals surface area contributed by atoms with Crippen LogP contribution in [0.4, 0.5) is 0 Å². The molecule has 2 aliphatic heterocycles. The Morgan fingerprint density at radius 3 is 2.84 bits per heavy atom. The summed E-state index contributed by atoms with van der Waals surface area (Å²) in [6.07, 6.45) is 5.57. The molecule has 0 amide bonds. The molecule has 19 heavy (non-hydrogen) atoms. The number of rotatable bonds is 3. The van der Waals surface area contributed by atoms with Crippen LogP contribution in [0.1, 0.15) is 39.5 Å². The fraction of sp³-hybridized carbons (Fsp3) is 1.00. The second-order valence-electron chi connectivity index (χ2n) is 6.84. The number of likely N-dealkylation sites (tertiary alicyclic amines) is 1. The third kappa shape index (κ3) is 2.33. The van der Waals surface area contributed by atoms with Gasteiger partial charge in [0.2, 0.25) is 0 Å². The van der Waals surface area contributed by atoms with Gasteiger partial charge in [0.15, 0.2) is 0 Å². The maximum Gasteiger partial charge on any atom is 0.0731 e. The maximum atomic E-state index is 6.24. The molecule has 1 saturated carbocycles. The highest BCUT2D eigenvalue weighted by Gasteiger charge is 2.49. The van der Waals surface area contributed by atoms with Gasteiger partial charge in [-0.15, -0.1) is 0 Å². The van der Waals surface area contributed by atoms with E-state index in [9.17, 15) is 0 Å². The van der Waals surface area contributed by atoms with Crippen molar-refractivity contribution in [2.75, 3.05) is 32.8 Å². The lowest BCUT2D eigenvalue weighted by atomic mass is 9.92. The van der Waals surface area contributed by atoms with Gasteiger partial charge in [0.05, 0.1) is 12.7 Å². The van der Waals surface area contributed by atoms with Crippen molar-refractivity contribution in [2.24, 2.45) is 5.73 Å². The summed E-state index contributed by atoms with van der Waals surface area (Å²) in [5, 5.41) is 0. The quantitative estimate of drug-likeness (QED) is 0.830. The predicted molar refractivity (Wildman–Crippen MR) is 77.2 cm³/mol. The van der Waals surface area contributed by atoms with Gasteiger partial charge < -0.3 is 10.5 Å². The molecular formula is C15H29N3O. The first-order valence-electron chi connectivity index (χ1n) is 7.99. The Labute approximate surface area is 117 Å². The van der Waals surface area contributed by atoms with Gasteiger partial charge >= 0.3 is 0 Å². The smallest absolute Gasteiger partial charge is 0.0731 e. The van der Waals surface area contributed by atoms with Gasteiger partial charge in [-0.1, -0.05) is 0 Å². The first-order valence-corrected chi connectivity index (χ1v) is 7.99. The molecule has 110 valence electrons. The molecule has 3 atom stereocenters. The number of fused-ring (bicyclic) bond motifs is 1. The van der Waals surface area contributed by atoms with E-state index in [0.29, 0.717) is 18.2 Å². The topological polar surface area (TPSA) is 41.7 Å². The van der Waals surface area contributed by atoms with Crippen molar-refractivity contribution >= 4 is 0 Å². The summed E-state index contributed by atoms with van der Waals surface area (Å²) in [4.78, 5) is 5.32. The highest BCUT2D eigenvalue weighted by molar-refractivity contribution is 5.05. The van der Waals surface area contributed by atoms with E-state index in [1.165, 1.54) is 32.2 Å². The molecule has 2 saturated heterocycles. The standard InChI is InChI=1S/C15H29N3O/c1-12(2)17-7-6-15(10-16,11-17)18-8-9-19-14-5-3-4-13(14)18/h12-14H,3-11,16H2,1-2H3.